The molecule has 0 radical (unpaired) electrons. The molecule has 0 amide bonds. The van der Waals surface area contributed by atoms with Crippen LogP contribution in [0.1, 0.15) is 41.2 Å². The molecule has 1 N–H and O–H groups in total. The Balaban J connectivity index is 2.77. The Hall–Kier alpha value is -2.31. The van der Waals surface area contributed by atoms with Crippen molar-refractivity contribution in [3.05, 3.63) is 46.8 Å². The Morgan fingerprint density at radius 1 is 1.23 bits per heavy atom. The highest BCUT2D eigenvalue weighted by Gasteiger charge is 2.35. The molecule has 1 aromatic carbocycles. The summed E-state index contributed by atoms with van der Waals surface area (Å²) in [6.45, 7) is 3.41. The minimum absolute atomic E-state index is 0.0121. The van der Waals surface area contributed by atoms with E-state index in [0.717, 1.165) is 10.7 Å². The second kappa shape index (κ2) is 5.82. The lowest BCUT2D eigenvalue weighted by atomic mass is 10.1. The number of carboxylic acids is 1. The van der Waals surface area contributed by atoms with E-state index in [2.05, 4.69) is 5.10 Å². The molecule has 0 spiro atoms. The topological polar surface area (TPSA) is 55.1 Å². The Morgan fingerprint density at radius 2 is 1.86 bits per heavy atom. The van der Waals surface area contributed by atoms with Gasteiger partial charge in [-0.1, -0.05) is 26.0 Å². The lowest BCUT2D eigenvalue weighted by molar-refractivity contribution is -0.137. The number of aromatic carboxylic acids is 1. The van der Waals surface area contributed by atoms with Crippen LogP contribution in [0.15, 0.2) is 24.3 Å². The number of halogens is 3. The summed E-state index contributed by atoms with van der Waals surface area (Å²) in [4.78, 5) is 11.4. The summed E-state index contributed by atoms with van der Waals surface area (Å²) in [5.41, 5.74) is -0.467. The predicted molar refractivity (Wildman–Crippen MR) is 74.3 cm³/mol. The number of carbonyl (C=O) groups is 1. The van der Waals surface area contributed by atoms with E-state index in [9.17, 15) is 23.1 Å². The van der Waals surface area contributed by atoms with Crippen LogP contribution in [0.3, 0.4) is 0 Å². The summed E-state index contributed by atoms with van der Waals surface area (Å²) in [6, 6.07) is 5.01. The minimum Gasteiger partial charge on any atom is -0.478 e. The van der Waals surface area contributed by atoms with Crippen LogP contribution in [0.5, 0.6) is 0 Å². The number of hydrogen-bond donors (Lipinski definition) is 1. The number of hydrogen-bond acceptors (Lipinski definition) is 2. The first-order chi connectivity index (χ1) is 10.3. The van der Waals surface area contributed by atoms with Crippen LogP contribution >= 0.6 is 0 Å². The number of aryl methyl sites for hydroxylation is 1. The fourth-order valence-electron chi connectivity index (χ4n) is 2.42. The number of benzene rings is 1. The largest absolute Gasteiger partial charge is 0.478 e. The number of rotatable bonds is 4. The summed E-state index contributed by atoms with van der Waals surface area (Å²) in [5, 5.41) is 13.4. The molecular weight excluding hydrogens is 297 g/mol. The van der Waals surface area contributed by atoms with Gasteiger partial charge < -0.3 is 5.11 Å². The van der Waals surface area contributed by atoms with Crippen LogP contribution in [0.25, 0.3) is 5.69 Å². The van der Waals surface area contributed by atoms with Crippen molar-refractivity contribution in [1.29, 1.82) is 0 Å². The second-order valence-electron chi connectivity index (χ2n) is 4.71. The number of aromatic nitrogens is 2. The molecule has 7 heteroatoms. The smallest absolute Gasteiger partial charge is 0.418 e. The quantitative estimate of drug-likeness (QED) is 0.936. The van der Waals surface area contributed by atoms with Gasteiger partial charge in [-0.2, -0.15) is 18.3 Å². The third-order valence-electron chi connectivity index (χ3n) is 3.37. The standard InChI is InChI=1S/C15H15F3N2O2/c1-3-10-13(14(21)22)11(4-2)20(19-10)12-8-6-5-7-9(12)15(16,17)18/h5-8H,3-4H2,1-2H3,(H,21,22). The van der Waals surface area contributed by atoms with Crippen LogP contribution in [0.2, 0.25) is 0 Å². The number of alkyl halides is 3. The summed E-state index contributed by atoms with van der Waals surface area (Å²) in [5.74, 6) is -1.18. The molecular formula is C15H15F3N2O2. The SMILES string of the molecule is CCc1nn(-c2ccccc2C(F)(F)F)c(CC)c1C(=O)O. The summed E-state index contributed by atoms with van der Waals surface area (Å²) in [6.07, 6.45) is -3.94. The molecule has 0 aliphatic carbocycles. The lowest BCUT2D eigenvalue weighted by Crippen LogP contribution is -2.13. The van der Waals surface area contributed by atoms with Crippen molar-refractivity contribution in [1.82, 2.24) is 9.78 Å². The van der Waals surface area contributed by atoms with Gasteiger partial charge in [0.15, 0.2) is 0 Å². The number of nitrogens with zero attached hydrogens (tertiary/aromatic N) is 2. The number of para-hydroxylation sites is 1. The van der Waals surface area contributed by atoms with Gasteiger partial charge in [0.05, 0.1) is 22.6 Å². The summed E-state index contributed by atoms with van der Waals surface area (Å²) >= 11 is 0. The minimum atomic E-state index is -4.54. The molecule has 1 aromatic heterocycles. The van der Waals surface area contributed by atoms with Crippen molar-refractivity contribution in [2.24, 2.45) is 0 Å². The number of carboxylic acid groups (broad SMARTS) is 1. The van der Waals surface area contributed by atoms with Gasteiger partial charge in [-0.25, -0.2) is 9.48 Å². The van der Waals surface area contributed by atoms with E-state index >= 15 is 0 Å². The average Bonchev–Trinajstić information content (AvgIpc) is 2.85. The van der Waals surface area contributed by atoms with Crippen molar-refractivity contribution >= 4 is 5.97 Å². The van der Waals surface area contributed by atoms with Crippen LogP contribution in [-0.2, 0) is 19.0 Å². The Bertz CT molecular complexity index is 705. The first-order valence-electron chi connectivity index (χ1n) is 6.81. The maximum Gasteiger partial charge on any atom is 0.418 e. The molecule has 0 saturated carbocycles. The molecule has 0 bridgehead atoms. The van der Waals surface area contributed by atoms with E-state index in [1.807, 2.05) is 0 Å². The zero-order valence-electron chi connectivity index (χ0n) is 12.1. The zero-order chi connectivity index (χ0) is 16.5. The summed E-state index contributed by atoms with van der Waals surface area (Å²) < 4.78 is 40.6. The molecule has 1 heterocycles. The van der Waals surface area contributed by atoms with Gasteiger partial charge in [-0.3, -0.25) is 0 Å². The maximum absolute atomic E-state index is 13.2. The van der Waals surface area contributed by atoms with Crippen molar-refractivity contribution in [2.75, 3.05) is 0 Å². The third-order valence-corrected chi connectivity index (χ3v) is 3.37. The van der Waals surface area contributed by atoms with Crippen molar-refractivity contribution in [3.8, 4) is 5.69 Å². The molecule has 2 aromatic rings. The molecule has 2 rings (SSSR count). The van der Waals surface area contributed by atoms with Crippen LogP contribution in [0.4, 0.5) is 13.2 Å². The van der Waals surface area contributed by atoms with Crippen molar-refractivity contribution in [3.63, 3.8) is 0 Å². The van der Waals surface area contributed by atoms with Gasteiger partial charge in [-0.15, -0.1) is 0 Å². The van der Waals surface area contributed by atoms with E-state index in [1.54, 1.807) is 13.8 Å². The maximum atomic E-state index is 13.2. The van der Waals surface area contributed by atoms with E-state index < -0.39 is 17.7 Å². The first-order valence-corrected chi connectivity index (χ1v) is 6.81. The molecule has 0 fully saturated rings. The molecule has 22 heavy (non-hydrogen) atoms. The Morgan fingerprint density at radius 3 is 2.36 bits per heavy atom. The highest BCUT2D eigenvalue weighted by molar-refractivity contribution is 5.90. The van der Waals surface area contributed by atoms with Crippen molar-refractivity contribution < 1.29 is 23.1 Å². The highest BCUT2D eigenvalue weighted by atomic mass is 19.4. The Labute approximate surface area is 125 Å². The Kier molecular flexibility index (Phi) is 4.25. The predicted octanol–water partition coefficient (Wildman–Crippen LogP) is 3.71. The highest BCUT2D eigenvalue weighted by Crippen LogP contribution is 2.34. The summed E-state index contributed by atoms with van der Waals surface area (Å²) in [7, 11) is 0. The van der Waals surface area contributed by atoms with E-state index in [4.69, 9.17) is 0 Å². The van der Waals surface area contributed by atoms with E-state index in [1.165, 1.54) is 18.2 Å². The first kappa shape index (κ1) is 16.1. The monoisotopic (exact) mass is 312 g/mol. The molecule has 0 saturated heterocycles. The fourth-order valence-corrected chi connectivity index (χ4v) is 2.42. The normalized spacial score (nSPS) is 11.7. The van der Waals surface area contributed by atoms with Gasteiger partial charge >= 0.3 is 12.1 Å². The second-order valence-corrected chi connectivity index (χ2v) is 4.71. The van der Waals surface area contributed by atoms with Gasteiger partial charge in [0.2, 0.25) is 0 Å². The van der Waals surface area contributed by atoms with Crippen molar-refractivity contribution in [2.45, 2.75) is 32.9 Å². The van der Waals surface area contributed by atoms with Gasteiger partial charge in [0.25, 0.3) is 0 Å². The molecule has 0 unspecified atom stereocenters. The van der Waals surface area contributed by atoms with Crippen LogP contribution in [0, 0.1) is 0 Å². The van der Waals surface area contributed by atoms with Gasteiger partial charge in [0, 0.05) is 0 Å². The van der Waals surface area contributed by atoms with Crippen LogP contribution < -0.4 is 0 Å². The average molecular weight is 312 g/mol. The van der Waals surface area contributed by atoms with E-state index in [0.29, 0.717) is 6.42 Å². The fraction of sp³-hybridized carbons (Fsp3) is 0.333. The molecule has 0 aliphatic rings. The zero-order valence-corrected chi connectivity index (χ0v) is 12.1. The van der Waals surface area contributed by atoms with E-state index in [-0.39, 0.29) is 29.1 Å². The third kappa shape index (κ3) is 2.70. The molecule has 118 valence electrons. The lowest BCUT2D eigenvalue weighted by Gasteiger charge is -2.14. The molecule has 0 atom stereocenters. The van der Waals surface area contributed by atoms with Gasteiger partial charge in [-0.05, 0) is 25.0 Å². The van der Waals surface area contributed by atoms with Crippen LogP contribution in [-0.4, -0.2) is 20.9 Å². The molecule has 4 nitrogen and oxygen atoms in total. The van der Waals surface area contributed by atoms with Gasteiger partial charge in [0.1, 0.15) is 5.56 Å². The molecule has 0 aliphatic heterocycles.